The van der Waals surface area contributed by atoms with E-state index in [0.717, 1.165) is 0 Å². The van der Waals surface area contributed by atoms with Crippen molar-refractivity contribution in [1.82, 2.24) is 10.2 Å². The van der Waals surface area contributed by atoms with Crippen molar-refractivity contribution in [3.8, 4) is 5.75 Å². The van der Waals surface area contributed by atoms with E-state index in [1.54, 1.807) is 18.2 Å². The molecule has 7 nitrogen and oxygen atoms in total. The predicted octanol–water partition coefficient (Wildman–Crippen LogP) is 1.25. The van der Waals surface area contributed by atoms with Crippen LogP contribution in [0.2, 0.25) is 0 Å². The van der Waals surface area contributed by atoms with Crippen molar-refractivity contribution in [2.75, 3.05) is 5.75 Å². The number of hydrogen-bond acceptors (Lipinski definition) is 5. The van der Waals surface area contributed by atoms with Crippen molar-refractivity contribution >= 4 is 29.5 Å². The van der Waals surface area contributed by atoms with Gasteiger partial charge in [-0.3, -0.25) is 14.5 Å². The lowest BCUT2D eigenvalue weighted by atomic mass is 10.0. The fourth-order valence-electron chi connectivity index (χ4n) is 3.04. The molecular weight excluding hydrogens is 356 g/mol. The molecular formula is C18H18N2O5S. The van der Waals surface area contributed by atoms with Gasteiger partial charge in [-0.05, 0) is 29.7 Å². The fraction of sp³-hybridized carbons (Fsp3) is 0.278. The van der Waals surface area contributed by atoms with Gasteiger partial charge in [-0.25, -0.2) is 4.79 Å². The number of phenolic OH excluding ortho intramolecular Hbond substituents is 1. The second kappa shape index (κ2) is 7.25. The maximum atomic E-state index is 12.4. The molecule has 0 spiro atoms. The molecule has 2 aliphatic heterocycles. The lowest BCUT2D eigenvalue weighted by Crippen LogP contribution is -2.70. The van der Waals surface area contributed by atoms with Gasteiger partial charge < -0.3 is 15.5 Å². The van der Waals surface area contributed by atoms with Gasteiger partial charge in [0.15, 0.2) is 0 Å². The Kier molecular flexibility index (Phi) is 5.03. The first-order valence-corrected chi connectivity index (χ1v) is 9.05. The number of phenols is 1. The van der Waals surface area contributed by atoms with Crippen LogP contribution in [0.5, 0.6) is 5.75 Å². The van der Waals surface area contributed by atoms with Crippen LogP contribution in [-0.2, 0) is 20.8 Å². The Morgan fingerprint density at radius 1 is 1.35 bits per heavy atom. The average molecular weight is 374 g/mol. The lowest BCUT2D eigenvalue weighted by Gasteiger charge is -2.49. The van der Waals surface area contributed by atoms with E-state index in [0.29, 0.717) is 23.3 Å². The maximum Gasteiger partial charge on any atom is 0.352 e. The quantitative estimate of drug-likeness (QED) is 0.511. The van der Waals surface area contributed by atoms with Gasteiger partial charge in [0, 0.05) is 5.75 Å². The normalized spacial score (nSPS) is 21.7. The Morgan fingerprint density at radius 2 is 2.04 bits per heavy atom. The smallest absolute Gasteiger partial charge is 0.352 e. The average Bonchev–Trinajstić information content (AvgIpc) is 2.61. The minimum Gasteiger partial charge on any atom is -0.508 e. The van der Waals surface area contributed by atoms with Gasteiger partial charge in [-0.15, -0.1) is 18.3 Å². The summed E-state index contributed by atoms with van der Waals surface area (Å²) in [6.07, 6.45) is 2.09. The Bertz CT molecular complexity index is 802. The second-order valence-corrected chi connectivity index (χ2v) is 7.15. The highest BCUT2D eigenvalue weighted by Crippen LogP contribution is 2.41. The molecule has 0 radical (unpaired) electrons. The minimum absolute atomic E-state index is 0.00248. The highest BCUT2D eigenvalue weighted by Gasteiger charge is 2.53. The van der Waals surface area contributed by atoms with E-state index in [1.807, 2.05) is 0 Å². The first-order valence-electron chi connectivity index (χ1n) is 8.00. The zero-order chi connectivity index (χ0) is 18.8. The van der Waals surface area contributed by atoms with E-state index in [1.165, 1.54) is 28.8 Å². The summed E-state index contributed by atoms with van der Waals surface area (Å²) in [6.45, 7) is 3.62. The number of amides is 2. The number of nitrogens with one attached hydrogen (secondary N) is 1. The summed E-state index contributed by atoms with van der Waals surface area (Å²) in [5, 5.41) is 21.0. The number of β-lactam (4-membered cyclic amide) rings is 1. The van der Waals surface area contributed by atoms with Crippen LogP contribution in [0.15, 0.2) is 48.2 Å². The van der Waals surface area contributed by atoms with Crippen LogP contribution in [-0.4, -0.2) is 50.1 Å². The number of rotatable bonds is 6. The molecule has 2 aliphatic rings. The number of carbonyl (C=O) groups excluding carboxylic acids is 2. The molecule has 0 aromatic heterocycles. The van der Waals surface area contributed by atoms with Gasteiger partial charge in [0.2, 0.25) is 5.91 Å². The molecule has 8 heteroatoms. The van der Waals surface area contributed by atoms with Crippen molar-refractivity contribution < 1.29 is 24.6 Å². The number of thioether (sulfide) groups is 1. The van der Waals surface area contributed by atoms with Crippen LogP contribution in [0.3, 0.4) is 0 Å². The molecule has 0 aliphatic carbocycles. The molecule has 2 heterocycles. The van der Waals surface area contributed by atoms with E-state index in [2.05, 4.69) is 11.9 Å². The van der Waals surface area contributed by atoms with E-state index in [4.69, 9.17) is 0 Å². The number of carboxylic acids is 1. The summed E-state index contributed by atoms with van der Waals surface area (Å²) in [6, 6.07) is 5.50. The monoisotopic (exact) mass is 374 g/mol. The highest BCUT2D eigenvalue weighted by atomic mass is 32.2. The molecule has 3 N–H and O–H groups in total. The molecule has 1 saturated heterocycles. The number of carbonyl (C=O) groups is 3. The van der Waals surface area contributed by atoms with Crippen molar-refractivity contribution in [3.05, 3.63) is 53.8 Å². The first-order chi connectivity index (χ1) is 12.4. The molecule has 1 aromatic rings. The van der Waals surface area contributed by atoms with Gasteiger partial charge in [-0.1, -0.05) is 18.2 Å². The van der Waals surface area contributed by atoms with Gasteiger partial charge in [0.1, 0.15) is 22.9 Å². The number of aliphatic carboxylic acids is 1. The molecule has 1 unspecified atom stereocenters. The molecule has 1 aromatic carbocycles. The van der Waals surface area contributed by atoms with Crippen molar-refractivity contribution in [3.63, 3.8) is 0 Å². The van der Waals surface area contributed by atoms with Crippen molar-refractivity contribution in [2.45, 2.75) is 24.3 Å². The van der Waals surface area contributed by atoms with Crippen LogP contribution in [0.4, 0.5) is 0 Å². The molecule has 2 amide bonds. The Hall–Kier alpha value is -2.74. The third-order valence-corrected chi connectivity index (χ3v) is 5.60. The summed E-state index contributed by atoms with van der Waals surface area (Å²) in [4.78, 5) is 37.5. The van der Waals surface area contributed by atoms with Crippen LogP contribution in [0, 0.1) is 0 Å². The zero-order valence-electron chi connectivity index (χ0n) is 13.8. The topological polar surface area (TPSA) is 107 Å². The highest BCUT2D eigenvalue weighted by molar-refractivity contribution is 8.00. The summed E-state index contributed by atoms with van der Waals surface area (Å²) in [5.41, 5.74) is 1.36. The van der Waals surface area contributed by atoms with Gasteiger partial charge in [-0.2, -0.15) is 0 Å². The molecule has 3 rings (SSSR count). The number of benzene rings is 1. The molecule has 0 bridgehead atoms. The van der Waals surface area contributed by atoms with E-state index in [-0.39, 0.29) is 23.8 Å². The Labute approximate surface area is 154 Å². The number of hydrogen-bond donors (Lipinski definition) is 3. The number of carboxylic acid groups (broad SMARTS) is 1. The maximum absolute atomic E-state index is 12.4. The zero-order valence-corrected chi connectivity index (χ0v) is 14.7. The second-order valence-electron chi connectivity index (χ2n) is 6.05. The van der Waals surface area contributed by atoms with Crippen molar-refractivity contribution in [2.24, 2.45) is 0 Å². The number of fused-ring (bicyclic) bond motifs is 1. The van der Waals surface area contributed by atoms with Gasteiger partial charge in [0.25, 0.3) is 5.91 Å². The standard InChI is InChI=1S/C18H18N2O5S/c1-2-3-11-9-26-17-14(16(23)20(17)15(11)18(24)25)19-13(22)8-10-4-6-12(21)7-5-10/h2,4-7,14,17,21H,1,3,8-9H2,(H,19,22)(H,24,25)/t14?,17-/m1/s1. The third-order valence-electron chi connectivity index (χ3n) is 4.26. The summed E-state index contributed by atoms with van der Waals surface area (Å²) in [7, 11) is 0. The van der Waals surface area contributed by atoms with Crippen LogP contribution < -0.4 is 5.32 Å². The van der Waals surface area contributed by atoms with Gasteiger partial charge >= 0.3 is 5.97 Å². The molecule has 26 heavy (non-hydrogen) atoms. The first kappa shape index (κ1) is 18.1. The lowest BCUT2D eigenvalue weighted by molar-refractivity contribution is -0.150. The SMILES string of the molecule is C=CCC1=C(C(=O)O)N2C(=O)C(NC(=O)Cc3ccc(O)cc3)[C@H]2SC1. The molecule has 1 fully saturated rings. The van der Waals surface area contributed by atoms with Crippen LogP contribution in [0.25, 0.3) is 0 Å². The number of aromatic hydroxyl groups is 1. The van der Waals surface area contributed by atoms with Crippen molar-refractivity contribution in [1.29, 1.82) is 0 Å². The Morgan fingerprint density at radius 3 is 2.65 bits per heavy atom. The summed E-state index contributed by atoms with van der Waals surface area (Å²) in [5.74, 6) is -1.30. The summed E-state index contributed by atoms with van der Waals surface area (Å²) < 4.78 is 0. The molecule has 136 valence electrons. The van der Waals surface area contributed by atoms with Crippen LogP contribution >= 0.6 is 11.8 Å². The number of nitrogens with zero attached hydrogens (tertiary/aromatic N) is 1. The predicted molar refractivity (Wildman–Crippen MR) is 96.3 cm³/mol. The van der Waals surface area contributed by atoms with Gasteiger partial charge in [0.05, 0.1) is 6.42 Å². The molecule has 0 saturated carbocycles. The number of allylic oxidation sites excluding steroid dienone is 1. The van der Waals surface area contributed by atoms with E-state index in [9.17, 15) is 24.6 Å². The van der Waals surface area contributed by atoms with E-state index < -0.39 is 23.3 Å². The summed E-state index contributed by atoms with van der Waals surface area (Å²) >= 11 is 1.43. The fourth-order valence-corrected chi connectivity index (χ4v) is 4.40. The van der Waals surface area contributed by atoms with Crippen LogP contribution in [0.1, 0.15) is 12.0 Å². The molecule has 2 atom stereocenters. The largest absolute Gasteiger partial charge is 0.508 e. The van der Waals surface area contributed by atoms with E-state index >= 15 is 0 Å². The third kappa shape index (κ3) is 3.32. The Balaban J connectivity index is 1.68. The minimum atomic E-state index is -1.14.